The molecule has 0 spiro atoms. The van der Waals surface area contributed by atoms with Crippen molar-refractivity contribution >= 4 is 39.3 Å². The van der Waals surface area contributed by atoms with Crippen molar-refractivity contribution in [3.05, 3.63) is 110 Å². The zero-order valence-corrected chi connectivity index (χ0v) is 20.0. The Balaban J connectivity index is 1.41. The third-order valence-electron chi connectivity index (χ3n) is 4.93. The fraction of sp³-hybridized carbons (Fsp3) is 0.120. The molecule has 1 heterocycles. The van der Waals surface area contributed by atoms with Crippen LogP contribution >= 0.6 is 27.5 Å². The minimum Gasteiger partial charge on any atom is -0.489 e. The molecule has 0 radical (unpaired) electrons. The molecule has 0 aliphatic carbocycles. The molecular formula is C25H20BrClFN3O2. The van der Waals surface area contributed by atoms with Gasteiger partial charge in [0.2, 0.25) is 0 Å². The highest BCUT2D eigenvalue weighted by Gasteiger charge is 2.13. The number of anilines is 1. The highest BCUT2D eigenvalue weighted by atomic mass is 79.9. The molecule has 1 aromatic heterocycles. The molecule has 0 saturated carbocycles. The van der Waals surface area contributed by atoms with Gasteiger partial charge in [-0.25, -0.2) is 4.39 Å². The van der Waals surface area contributed by atoms with E-state index in [-0.39, 0.29) is 11.7 Å². The Bertz CT molecular complexity index is 1290. The monoisotopic (exact) mass is 527 g/mol. The maximum absolute atomic E-state index is 13.1. The molecule has 1 N–H and O–H groups in total. The van der Waals surface area contributed by atoms with Crippen molar-refractivity contribution in [2.45, 2.75) is 20.1 Å². The molecule has 4 rings (SSSR count). The zero-order valence-electron chi connectivity index (χ0n) is 17.7. The van der Waals surface area contributed by atoms with Gasteiger partial charge in [0.1, 0.15) is 18.2 Å². The van der Waals surface area contributed by atoms with Gasteiger partial charge in [-0.3, -0.25) is 9.48 Å². The largest absolute Gasteiger partial charge is 0.489 e. The highest BCUT2D eigenvalue weighted by molar-refractivity contribution is 9.10. The molecule has 0 saturated heterocycles. The topological polar surface area (TPSA) is 56.1 Å². The van der Waals surface area contributed by atoms with Crippen molar-refractivity contribution in [1.29, 1.82) is 0 Å². The maximum atomic E-state index is 13.1. The fourth-order valence-electron chi connectivity index (χ4n) is 3.26. The molecule has 1 amide bonds. The predicted molar refractivity (Wildman–Crippen MR) is 130 cm³/mol. The lowest BCUT2D eigenvalue weighted by Gasteiger charge is -2.10. The number of rotatable bonds is 7. The quantitative estimate of drug-likeness (QED) is 0.293. The molecule has 0 atom stereocenters. The van der Waals surface area contributed by atoms with Crippen LogP contribution in [0.25, 0.3) is 0 Å². The number of hydrogen-bond donors (Lipinski definition) is 1. The van der Waals surface area contributed by atoms with E-state index in [1.807, 2.05) is 31.2 Å². The Hall–Kier alpha value is -3.16. The fourth-order valence-corrected chi connectivity index (χ4v) is 3.90. The summed E-state index contributed by atoms with van der Waals surface area (Å²) in [7, 11) is 0. The SMILES string of the molecule is Cc1cc(Cl)ccc1OCc1cccc(C(=O)Nc2nn(Cc3ccc(F)cc3)cc2Br)c1. The second-order valence-corrected chi connectivity index (χ2v) is 8.79. The number of hydrogen-bond acceptors (Lipinski definition) is 3. The second kappa shape index (κ2) is 10.2. The standard InChI is InChI=1S/C25H20BrClFN3O2/c1-16-11-20(27)7-10-23(16)33-15-18-3-2-4-19(12-18)25(32)29-24-22(26)14-31(30-24)13-17-5-8-21(28)9-6-17/h2-12,14H,13,15H2,1H3,(H,29,30,32). The number of halogens is 3. The smallest absolute Gasteiger partial charge is 0.256 e. The first-order valence-corrected chi connectivity index (χ1v) is 11.3. The number of carbonyl (C=O) groups is 1. The van der Waals surface area contributed by atoms with Gasteiger partial charge in [-0.15, -0.1) is 0 Å². The van der Waals surface area contributed by atoms with Crippen molar-refractivity contribution in [3.63, 3.8) is 0 Å². The summed E-state index contributed by atoms with van der Waals surface area (Å²) in [5.74, 6) is 0.571. The van der Waals surface area contributed by atoms with Gasteiger partial charge in [-0.05, 0) is 82.0 Å². The molecule has 0 bridgehead atoms. The van der Waals surface area contributed by atoms with E-state index in [9.17, 15) is 9.18 Å². The Morgan fingerprint density at radius 2 is 1.91 bits per heavy atom. The molecule has 3 aromatic carbocycles. The number of nitrogens with one attached hydrogen (secondary N) is 1. The number of carbonyl (C=O) groups excluding carboxylic acids is 1. The van der Waals surface area contributed by atoms with E-state index in [4.69, 9.17) is 16.3 Å². The third-order valence-corrected chi connectivity index (χ3v) is 5.74. The highest BCUT2D eigenvalue weighted by Crippen LogP contribution is 2.24. The minimum atomic E-state index is -0.288. The van der Waals surface area contributed by atoms with Gasteiger partial charge in [0, 0.05) is 16.8 Å². The van der Waals surface area contributed by atoms with E-state index in [2.05, 4.69) is 26.3 Å². The minimum absolute atomic E-state index is 0.285. The van der Waals surface area contributed by atoms with Gasteiger partial charge in [0.15, 0.2) is 5.82 Å². The van der Waals surface area contributed by atoms with Crippen molar-refractivity contribution in [3.8, 4) is 5.75 Å². The summed E-state index contributed by atoms with van der Waals surface area (Å²) < 4.78 is 21.3. The molecule has 168 valence electrons. The lowest BCUT2D eigenvalue weighted by atomic mass is 10.1. The van der Waals surface area contributed by atoms with Crippen molar-refractivity contribution in [2.75, 3.05) is 5.32 Å². The summed E-state index contributed by atoms with van der Waals surface area (Å²) in [5.41, 5.74) is 3.19. The van der Waals surface area contributed by atoms with Crippen LogP contribution in [0.4, 0.5) is 10.2 Å². The van der Waals surface area contributed by atoms with Crippen molar-refractivity contribution in [1.82, 2.24) is 9.78 Å². The van der Waals surface area contributed by atoms with Gasteiger partial charge in [0.05, 0.1) is 11.0 Å². The first-order valence-electron chi connectivity index (χ1n) is 10.1. The van der Waals surface area contributed by atoms with Crippen LogP contribution in [-0.2, 0) is 13.2 Å². The van der Waals surface area contributed by atoms with E-state index in [0.717, 1.165) is 22.4 Å². The van der Waals surface area contributed by atoms with E-state index < -0.39 is 0 Å². The Kier molecular flexibility index (Phi) is 7.11. The van der Waals surface area contributed by atoms with Gasteiger partial charge < -0.3 is 10.1 Å². The van der Waals surface area contributed by atoms with Crippen LogP contribution in [0.2, 0.25) is 5.02 Å². The number of aryl methyl sites for hydroxylation is 1. The van der Waals surface area contributed by atoms with E-state index in [1.54, 1.807) is 41.2 Å². The summed E-state index contributed by atoms with van der Waals surface area (Å²) in [6.45, 7) is 2.70. The van der Waals surface area contributed by atoms with E-state index in [0.29, 0.717) is 34.0 Å². The molecule has 0 aliphatic rings. The average Bonchev–Trinajstić information content (AvgIpc) is 3.13. The number of aromatic nitrogens is 2. The number of nitrogens with zero attached hydrogens (tertiary/aromatic N) is 2. The van der Waals surface area contributed by atoms with Gasteiger partial charge in [-0.1, -0.05) is 35.9 Å². The average molecular weight is 529 g/mol. The van der Waals surface area contributed by atoms with E-state index >= 15 is 0 Å². The summed E-state index contributed by atoms with van der Waals surface area (Å²) >= 11 is 9.42. The molecule has 8 heteroatoms. The van der Waals surface area contributed by atoms with Crippen LogP contribution in [0.15, 0.2) is 77.4 Å². The Morgan fingerprint density at radius 3 is 2.67 bits per heavy atom. The molecule has 33 heavy (non-hydrogen) atoms. The molecule has 5 nitrogen and oxygen atoms in total. The van der Waals surface area contributed by atoms with Crippen LogP contribution < -0.4 is 10.1 Å². The van der Waals surface area contributed by atoms with Gasteiger partial charge in [-0.2, -0.15) is 5.10 Å². The van der Waals surface area contributed by atoms with E-state index in [1.165, 1.54) is 12.1 Å². The summed E-state index contributed by atoms with van der Waals surface area (Å²) in [5, 5.41) is 7.90. The molecule has 4 aromatic rings. The zero-order chi connectivity index (χ0) is 23.4. The number of amides is 1. The molecular weight excluding hydrogens is 509 g/mol. The molecule has 0 unspecified atom stereocenters. The summed E-state index contributed by atoms with van der Waals surface area (Å²) in [6.07, 6.45) is 1.76. The van der Waals surface area contributed by atoms with Crippen LogP contribution in [0.5, 0.6) is 5.75 Å². The number of ether oxygens (including phenoxy) is 1. The Morgan fingerprint density at radius 1 is 1.12 bits per heavy atom. The lowest BCUT2D eigenvalue weighted by Crippen LogP contribution is -2.13. The first-order chi connectivity index (χ1) is 15.9. The first kappa shape index (κ1) is 23.0. The van der Waals surface area contributed by atoms with Gasteiger partial charge >= 0.3 is 0 Å². The van der Waals surface area contributed by atoms with Crippen molar-refractivity contribution in [2.24, 2.45) is 0 Å². The predicted octanol–water partition coefficient (Wildman–Crippen LogP) is 6.63. The van der Waals surface area contributed by atoms with Crippen LogP contribution in [0.1, 0.15) is 27.0 Å². The van der Waals surface area contributed by atoms with Gasteiger partial charge in [0.25, 0.3) is 5.91 Å². The lowest BCUT2D eigenvalue weighted by molar-refractivity contribution is 0.102. The van der Waals surface area contributed by atoms with Crippen LogP contribution in [0.3, 0.4) is 0 Å². The summed E-state index contributed by atoms with van der Waals surface area (Å²) in [6, 6.07) is 18.9. The molecule has 0 fully saturated rings. The van der Waals surface area contributed by atoms with Crippen LogP contribution in [0, 0.1) is 12.7 Å². The number of benzene rings is 3. The second-order valence-electron chi connectivity index (χ2n) is 7.50. The maximum Gasteiger partial charge on any atom is 0.256 e. The van der Waals surface area contributed by atoms with Crippen LogP contribution in [-0.4, -0.2) is 15.7 Å². The normalized spacial score (nSPS) is 10.8. The molecule has 0 aliphatic heterocycles. The summed E-state index contributed by atoms with van der Waals surface area (Å²) in [4.78, 5) is 12.8. The third kappa shape index (κ3) is 6.00. The Labute approximate surface area is 204 Å². The van der Waals surface area contributed by atoms with Crippen molar-refractivity contribution < 1.29 is 13.9 Å².